The lowest BCUT2D eigenvalue weighted by Crippen LogP contribution is -2.18. The van der Waals surface area contributed by atoms with Gasteiger partial charge >= 0.3 is 0 Å². The van der Waals surface area contributed by atoms with Gasteiger partial charge in [-0.2, -0.15) is 0 Å². The van der Waals surface area contributed by atoms with Crippen molar-refractivity contribution in [1.29, 1.82) is 0 Å². The van der Waals surface area contributed by atoms with E-state index in [2.05, 4.69) is 22.2 Å². The molecule has 0 saturated carbocycles. The number of pyridine rings is 1. The predicted octanol–water partition coefficient (Wildman–Crippen LogP) is 6.47. The molecule has 0 aliphatic rings. The van der Waals surface area contributed by atoms with Crippen LogP contribution in [0.25, 0.3) is 0 Å². The Labute approximate surface area is 194 Å². The van der Waals surface area contributed by atoms with Crippen LogP contribution < -0.4 is 15.5 Å². The van der Waals surface area contributed by atoms with Crippen LogP contribution in [0.15, 0.2) is 97.5 Å². The number of anilines is 4. The average molecular weight is 443 g/mol. The molecule has 1 aromatic heterocycles. The van der Waals surface area contributed by atoms with Crippen molar-refractivity contribution in [2.45, 2.75) is 13.5 Å². The van der Waals surface area contributed by atoms with Gasteiger partial charge in [-0.05, 0) is 67.1 Å². The van der Waals surface area contributed by atoms with E-state index in [1.165, 1.54) is 6.07 Å². The molecule has 1 heterocycles. The molecule has 0 radical (unpaired) electrons. The minimum Gasteiger partial charge on any atom is -0.370 e. The fraction of sp³-hybridized carbons (Fsp3) is 0.111. The molecule has 33 heavy (non-hydrogen) atoms. The highest BCUT2D eigenvalue weighted by Crippen LogP contribution is 2.26. The van der Waals surface area contributed by atoms with Crippen LogP contribution in [0, 0.1) is 5.82 Å². The Morgan fingerprint density at radius 1 is 1.12 bits per heavy atom. The number of carbonyl (C=O) groups is 1. The molecule has 0 saturated heterocycles. The number of benzene rings is 2. The van der Waals surface area contributed by atoms with E-state index in [1.807, 2.05) is 61.4 Å². The molecule has 0 aliphatic heterocycles. The zero-order valence-corrected chi connectivity index (χ0v) is 18.8. The molecule has 0 spiro atoms. The molecular formula is C27H27FN4O. The van der Waals surface area contributed by atoms with E-state index in [0.29, 0.717) is 24.1 Å². The third-order valence-corrected chi connectivity index (χ3v) is 4.93. The van der Waals surface area contributed by atoms with Crippen molar-refractivity contribution < 1.29 is 9.18 Å². The van der Waals surface area contributed by atoms with Gasteiger partial charge in [0.2, 0.25) is 0 Å². The fourth-order valence-electron chi connectivity index (χ4n) is 3.39. The van der Waals surface area contributed by atoms with Crippen molar-refractivity contribution in [3.63, 3.8) is 0 Å². The Kier molecular flexibility index (Phi) is 8.13. The first-order chi connectivity index (χ1) is 16.0. The molecule has 0 amide bonds. The number of aromatic nitrogens is 1. The molecule has 0 aliphatic carbocycles. The molecule has 168 valence electrons. The van der Waals surface area contributed by atoms with Crippen LogP contribution >= 0.6 is 0 Å². The van der Waals surface area contributed by atoms with E-state index >= 15 is 0 Å². The lowest BCUT2D eigenvalue weighted by molar-refractivity contribution is 0.111. The summed E-state index contributed by atoms with van der Waals surface area (Å²) < 4.78 is 14.7. The lowest BCUT2D eigenvalue weighted by atomic mass is 10.1. The first kappa shape index (κ1) is 23.5. The minimum absolute atomic E-state index is 0.0562. The maximum absolute atomic E-state index is 14.7. The Bertz CT molecular complexity index is 1170. The van der Waals surface area contributed by atoms with Gasteiger partial charge in [-0.15, -0.1) is 0 Å². The van der Waals surface area contributed by atoms with Gasteiger partial charge in [0.05, 0.1) is 5.56 Å². The second kappa shape index (κ2) is 11.4. The van der Waals surface area contributed by atoms with E-state index in [9.17, 15) is 9.18 Å². The summed E-state index contributed by atoms with van der Waals surface area (Å²) in [5, 5.41) is 6.51. The second-order valence-electron chi connectivity index (χ2n) is 7.40. The topological polar surface area (TPSA) is 57.3 Å². The average Bonchev–Trinajstić information content (AvgIpc) is 2.80. The number of allylic oxidation sites excluding steroid dienone is 4. The quantitative estimate of drug-likeness (QED) is 0.278. The standard InChI is InChI=1S/C27H27FN4O/c1-4-7-21(8-5-2)30-23-9-6-10-25(16-23)32(3)18-20-15-24(17-27(28)26(20)19-33)31-22-11-13-29-14-12-22/h4-17,19,30H,1,18H2,2-3H3,(H,29,31)/b8-5-,21-7+. The molecule has 0 fully saturated rings. The highest BCUT2D eigenvalue weighted by molar-refractivity contribution is 5.80. The van der Waals surface area contributed by atoms with Crippen LogP contribution in [0.5, 0.6) is 0 Å². The fourth-order valence-corrected chi connectivity index (χ4v) is 3.39. The number of hydrogen-bond donors (Lipinski definition) is 2. The van der Waals surface area contributed by atoms with Crippen LogP contribution in [0.4, 0.5) is 27.1 Å². The van der Waals surface area contributed by atoms with Gasteiger partial charge in [0, 0.05) is 54.4 Å². The molecular weight excluding hydrogens is 415 g/mol. The van der Waals surface area contributed by atoms with Crippen molar-refractivity contribution in [3.05, 3.63) is 114 Å². The summed E-state index contributed by atoms with van der Waals surface area (Å²) in [5.74, 6) is -0.562. The molecule has 3 rings (SSSR count). The molecule has 0 unspecified atom stereocenters. The first-order valence-corrected chi connectivity index (χ1v) is 10.5. The van der Waals surface area contributed by atoms with E-state index in [-0.39, 0.29) is 5.56 Å². The van der Waals surface area contributed by atoms with Crippen molar-refractivity contribution >= 4 is 29.0 Å². The number of rotatable bonds is 10. The van der Waals surface area contributed by atoms with E-state index in [0.717, 1.165) is 22.8 Å². The number of carbonyl (C=O) groups excluding carboxylic acids is 1. The molecule has 5 nitrogen and oxygen atoms in total. The summed E-state index contributed by atoms with van der Waals surface area (Å²) in [6, 6.07) is 14.6. The monoisotopic (exact) mass is 442 g/mol. The predicted molar refractivity (Wildman–Crippen MR) is 135 cm³/mol. The second-order valence-corrected chi connectivity index (χ2v) is 7.40. The maximum Gasteiger partial charge on any atom is 0.153 e. The SMILES string of the molecule is C=C/C=C(\C=C/C)Nc1cccc(N(C)Cc2cc(Nc3ccncc3)cc(F)c2C=O)c1. The van der Waals surface area contributed by atoms with Gasteiger partial charge in [0.25, 0.3) is 0 Å². The summed E-state index contributed by atoms with van der Waals surface area (Å²) >= 11 is 0. The summed E-state index contributed by atoms with van der Waals surface area (Å²) in [5.41, 5.74) is 4.72. The van der Waals surface area contributed by atoms with Crippen molar-refractivity contribution in [2.24, 2.45) is 0 Å². The van der Waals surface area contributed by atoms with Crippen LogP contribution in [0.2, 0.25) is 0 Å². The summed E-state index contributed by atoms with van der Waals surface area (Å²) in [6.07, 6.45) is 11.4. The van der Waals surface area contributed by atoms with Gasteiger partial charge in [-0.25, -0.2) is 4.39 Å². The van der Waals surface area contributed by atoms with Crippen LogP contribution in [-0.2, 0) is 6.54 Å². The van der Waals surface area contributed by atoms with E-state index in [1.54, 1.807) is 36.7 Å². The molecule has 0 atom stereocenters. The normalized spacial score (nSPS) is 11.3. The Balaban J connectivity index is 1.84. The molecule has 0 bridgehead atoms. The van der Waals surface area contributed by atoms with E-state index < -0.39 is 5.82 Å². The van der Waals surface area contributed by atoms with Crippen LogP contribution in [-0.4, -0.2) is 18.3 Å². The third-order valence-electron chi connectivity index (χ3n) is 4.93. The number of aldehydes is 1. The van der Waals surface area contributed by atoms with Gasteiger partial charge in [0.15, 0.2) is 6.29 Å². The van der Waals surface area contributed by atoms with Gasteiger partial charge in [-0.3, -0.25) is 9.78 Å². The minimum atomic E-state index is -0.562. The number of nitrogens with zero attached hydrogens (tertiary/aromatic N) is 2. The summed E-state index contributed by atoms with van der Waals surface area (Å²) in [4.78, 5) is 17.6. The molecule has 2 N–H and O–H groups in total. The highest BCUT2D eigenvalue weighted by atomic mass is 19.1. The van der Waals surface area contributed by atoms with E-state index in [4.69, 9.17) is 0 Å². The Morgan fingerprint density at radius 3 is 2.61 bits per heavy atom. The number of hydrogen-bond acceptors (Lipinski definition) is 5. The molecule has 3 aromatic rings. The highest BCUT2D eigenvalue weighted by Gasteiger charge is 2.13. The Morgan fingerprint density at radius 2 is 1.91 bits per heavy atom. The lowest BCUT2D eigenvalue weighted by Gasteiger charge is -2.22. The molecule has 6 heteroatoms. The zero-order valence-electron chi connectivity index (χ0n) is 18.8. The first-order valence-electron chi connectivity index (χ1n) is 10.5. The number of nitrogens with one attached hydrogen (secondary N) is 2. The van der Waals surface area contributed by atoms with Gasteiger partial charge in [-0.1, -0.05) is 24.8 Å². The third kappa shape index (κ3) is 6.40. The van der Waals surface area contributed by atoms with Gasteiger partial charge < -0.3 is 15.5 Å². The van der Waals surface area contributed by atoms with Crippen molar-refractivity contribution in [1.82, 2.24) is 4.98 Å². The smallest absolute Gasteiger partial charge is 0.153 e. The summed E-state index contributed by atoms with van der Waals surface area (Å²) in [6.45, 7) is 6.05. The maximum atomic E-state index is 14.7. The largest absolute Gasteiger partial charge is 0.370 e. The van der Waals surface area contributed by atoms with Gasteiger partial charge in [0.1, 0.15) is 5.82 Å². The zero-order chi connectivity index (χ0) is 23.6. The summed E-state index contributed by atoms with van der Waals surface area (Å²) in [7, 11) is 1.90. The number of halogens is 1. The Hall–Kier alpha value is -4.19. The van der Waals surface area contributed by atoms with Crippen molar-refractivity contribution in [3.8, 4) is 0 Å². The van der Waals surface area contributed by atoms with Crippen LogP contribution in [0.1, 0.15) is 22.8 Å². The van der Waals surface area contributed by atoms with Crippen LogP contribution in [0.3, 0.4) is 0 Å². The molecule has 2 aromatic carbocycles. The van der Waals surface area contributed by atoms with Crippen molar-refractivity contribution in [2.75, 3.05) is 22.6 Å².